The molecular formula is C12H18N2O3. The van der Waals surface area contributed by atoms with E-state index in [1.807, 2.05) is 13.8 Å². The highest BCUT2D eigenvalue weighted by Gasteiger charge is 2.42. The first-order valence-electron chi connectivity index (χ1n) is 6.09. The molecule has 0 unspecified atom stereocenters. The molecule has 0 saturated heterocycles. The maximum atomic E-state index is 11.4. The van der Waals surface area contributed by atoms with Gasteiger partial charge in [0, 0.05) is 12.3 Å². The van der Waals surface area contributed by atoms with E-state index < -0.39 is 11.4 Å². The molecule has 1 fully saturated rings. The molecule has 1 heterocycles. The first kappa shape index (κ1) is 12.1. The lowest BCUT2D eigenvalue weighted by atomic mass is 9.83. The molecule has 5 heteroatoms. The van der Waals surface area contributed by atoms with Crippen molar-refractivity contribution < 1.29 is 14.4 Å². The van der Waals surface area contributed by atoms with Crippen LogP contribution < -0.4 is 0 Å². The summed E-state index contributed by atoms with van der Waals surface area (Å²) < 4.78 is 5.14. The molecule has 0 bridgehead atoms. The van der Waals surface area contributed by atoms with Crippen molar-refractivity contribution in [3.8, 4) is 0 Å². The van der Waals surface area contributed by atoms with Crippen LogP contribution >= 0.6 is 0 Å². The quantitative estimate of drug-likeness (QED) is 0.871. The number of hydrogen-bond donors (Lipinski definition) is 1. The van der Waals surface area contributed by atoms with Crippen LogP contribution in [0.1, 0.15) is 57.2 Å². The zero-order valence-electron chi connectivity index (χ0n) is 10.3. The van der Waals surface area contributed by atoms with Crippen molar-refractivity contribution in [2.75, 3.05) is 0 Å². The number of carboxylic acids is 1. The number of carbonyl (C=O) groups is 1. The molecule has 1 aliphatic rings. The van der Waals surface area contributed by atoms with Gasteiger partial charge in [0.1, 0.15) is 0 Å². The van der Waals surface area contributed by atoms with Crippen molar-refractivity contribution in [1.29, 1.82) is 0 Å². The first-order chi connectivity index (χ1) is 8.03. The Morgan fingerprint density at radius 1 is 1.47 bits per heavy atom. The highest BCUT2D eigenvalue weighted by Crippen LogP contribution is 2.41. The number of carboxylic acid groups (broad SMARTS) is 1. The van der Waals surface area contributed by atoms with Crippen LogP contribution in [0.4, 0.5) is 0 Å². The fraction of sp³-hybridized carbons (Fsp3) is 0.750. The molecular weight excluding hydrogens is 220 g/mol. The second kappa shape index (κ2) is 4.47. The lowest BCUT2D eigenvalue weighted by molar-refractivity contribution is -0.148. The van der Waals surface area contributed by atoms with Gasteiger partial charge in [-0.05, 0) is 12.8 Å². The number of aliphatic carboxylic acids is 1. The summed E-state index contributed by atoms with van der Waals surface area (Å²) >= 11 is 0. The zero-order valence-corrected chi connectivity index (χ0v) is 10.3. The molecule has 0 aliphatic heterocycles. The highest BCUT2D eigenvalue weighted by molar-refractivity contribution is 5.75. The summed E-state index contributed by atoms with van der Waals surface area (Å²) in [4.78, 5) is 15.6. The van der Waals surface area contributed by atoms with E-state index in [0.29, 0.717) is 31.0 Å². The van der Waals surface area contributed by atoms with Gasteiger partial charge in [-0.2, -0.15) is 4.98 Å². The summed E-state index contributed by atoms with van der Waals surface area (Å²) in [6.07, 6.45) is 3.72. The van der Waals surface area contributed by atoms with Crippen molar-refractivity contribution >= 4 is 5.97 Å². The number of rotatable bonds is 4. The highest BCUT2D eigenvalue weighted by atomic mass is 16.5. The van der Waals surface area contributed by atoms with Crippen LogP contribution in [0.3, 0.4) is 0 Å². The Balaban J connectivity index is 2.15. The Morgan fingerprint density at radius 2 is 2.12 bits per heavy atom. The van der Waals surface area contributed by atoms with E-state index in [1.54, 1.807) is 0 Å². The molecule has 0 spiro atoms. The molecule has 5 nitrogen and oxygen atoms in total. The van der Waals surface area contributed by atoms with Crippen molar-refractivity contribution in [3.63, 3.8) is 0 Å². The number of nitrogens with zero attached hydrogens (tertiary/aromatic N) is 2. The predicted molar refractivity (Wildman–Crippen MR) is 60.6 cm³/mol. The topological polar surface area (TPSA) is 76.2 Å². The van der Waals surface area contributed by atoms with E-state index in [9.17, 15) is 9.90 Å². The van der Waals surface area contributed by atoms with E-state index >= 15 is 0 Å². The van der Waals surface area contributed by atoms with Gasteiger partial charge in [0.15, 0.2) is 5.82 Å². The van der Waals surface area contributed by atoms with Gasteiger partial charge in [0.25, 0.3) is 0 Å². The van der Waals surface area contributed by atoms with Crippen molar-refractivity contribution in [3.05, 3.63) is 11.7 Å². The summed E-state index contributed by atoms with van der Waals surface area (Å²) in [6, 6.07) is 0. The molecule has 1 aromatic heterocycles. The number of hydrogen-bond acceptors (Lipinski definition) is 4. The van der Waals surface area contributed by atoms with Gasteiger partial charge in [-0.25, -0.2) is 0 Å². The van der Waals surface area contributed by atoms with Crippen molar-refractivity contribution in [2.45, 2.75) is 51.9 Å². The van der Waals surface area contributed by atoms with Gasteiger partial charge < -0.3 is 9.63 Å². The number of aromatic nitrogens is 2. The SMILES string of the molecule is CC(C)c1noc(CC2(C(=O)O)CCCC2)n1. The van der Waals surface area contributed by atoms with Crippen LogP contribution in [-0.2, 0) is 11.2 Å². The van der Waals surface area contributed by atoms with Crippen molar-refractivity contribution in [2.24, 2.45) is 5.41 Å². The third-order valence-electron chi connectivity index (χ3n) is 3.50. The maximum Gasteiger partial charge on any atom is 0.310 e. The molecule has 1 aromatic rings. The van der Waals surface area contributed by atoms with E-state index in [0.717, 1.165) is 12.8 Å². The lowest BCUT2D eigenvalue weighted by Gasteiger charge is -2.21. The van der Waals surface area contributed by atoms with Gasteiger partial charge in [-0.15, -0.1) is 0 Å². The Bertz CT molecular complexity index is 406. The third-order valence-corrected chi connectivity index (χ3v) is 3.50. The summed E-state index contributed by atoms with van der Waals surface area (Å²) in [5.74, 6) is 0.577. The predicted octanol–water partition coefficient (Wildman–Crippen LogP) is 2.38. The second-order valence-corrected chi connectivity index (χ2v) is 5.17. The molecule has 17 heavy (non-hydrogen) atoms. The average molecular weight is 238 g/mol. The van der Waals surface area contributed by atoms with E-state index in [4.69, 9.17) is 4.52 Å². The Hall–Kier alpha value is -1.39. The standard InChI is InChI=1S/C12H18N2O3/c1-8(2)10-13-9(17-14-10)7-12(11(15)16)5-3-4-6-12/h8H,3-7H2,1-2H3,(H,15,16). The normalized spacial score (nSPS) is 18.8. The van der Waals surface area contributed by atoms with Crippen molar-refractivity contribution in [1.82, 2.24) is 10.1 Å². The summed E-state index contributed by atoms with van der Waals surface area (Å²) in [7, 11) is 0. The molecule has 1 N–H and O–H groups in total. The molecule has 0 amide bonds. The average Bonchev–Trinajstić information content (AvgIpc) is 2.88. The van der Waals surface area contributed by atoms with Crippen LogP contribution in [0.2, 0.25) is 0 Å². The minimum absolute atomic E-state index is 0.205. The van der Waals surface area contributed by atoms with E-state index in [1.165, 1.54) is 0 Å². The van der Waals surface area contributed by atoms with Gasteiger partial charge in [0.2, 0.25) is 5.89 Å². The fourth-order valence-electron chi connectivity index (χ4n) is 2.38. The van der Waals surface area contributed by atoms with Gasteiger partial charge in [0.05, 0.1) is 5.41 Å². The lowest BCUT2D eigenvalue weighted by Crippen LogP contribution is -2.30. The molecule has 0 aromatic carbocycles. The maximum absolute atomic E-state index is 11.4. The van der Waals surface area contributed by atoms with Gasteiger partial charge >= 0.3 is 5.97 Å². The largest absolute Gasteiger partial charge is 0.481 e. The fourth-order valence-corrected chi connectivity index (χ4v) is 2.38. The van der Waals surface area contributed by atoms with Crippen LogP contribution in [0.15, 0.2) is 4.52 Å². The van der Waals surface area contributed by atoms with Crippen LogP contribution in [0, 0.1) is 5.41 Å². The Labute approximate surface area is 100 Å². The summed E-state index contributed by atoms with van der Waals surface area (Å²) in [6.45, 7) is 3.97. The van der Waals surface area contributed by atoms with Gasteiger partial charge in [-0.3, -0.25) is 4.79 Å². The minimum Gasteiger partial charge on any atom is -0.481 e. The monoisotopic (exact) mass is 238 g/mol. The van der Waals surface area contributed by atoms with E-state index in [2.05, 4.69) is 10.1 Å². The zero-order chi connectivity index (χ0) is 12.5. The molecule has 2 rings (SSSR count). The Kier molecular flexibility index (Phi) is 3.17. The smallest absolute Gasteiger partial charge is 0.310 e. The summed E-state index contributed by atoms with van der Waals surface area (Å²) in [5.41, 5.74) is -0.680. The van der Waals surface area contributed by atoms with Crippen LogP contribution in [-0.4, -0.2) is 21.2 Å². The van der Waals surface area contributed by atoms with Gasteiger partial charge in [-0.1, -0.05) is 31.8 Å². The third kappa shape index (κ3) is 2.33. The minimum atomic E-state index is -0.737. The molecule has 94 valence electrons. The summed E-state index contributed by atoms with van der Waals surface area (Å²) in [5, 5.41) is 13.2. The molecule has 0 radical (unpaired) electrons. The first-order valence-corrected chi connectivity index (χ1v) is 6.09. The molecule has 1 saturated carbocycles. The van der Waals surface area contributed by atoms with Crippen LogP contribution in [0.25, 0.3) is 0 Å². The van der Waals surface area contributed by atoms with Crippen LogP contribution in [0.5, 0.6) is 0 Å². The van der Waals surface area contributed by atoms with E-state index in [-0.39, 0.29) is 5.92 Å². The Morgan fingerprint density at radius 3 is 2.59 bits per heavy atom. The molecule has 1 aliphatic carbocycles. The second-order valence-electron chi connectivity index (χ2n) is 5.17. The molecule has 0 atom stereocenters.